The van der Waals surface area contributed by atoms with Gasteiger partial charge in [0, 0.05) is 40.3 Å². The highest BCUT2D eigenvalue weighted by Gasteiger charge is 2.95. The molecule has 0 aromatic rings. The molecule has 0 aromatic carbocycles. The summed E-state index contributed by atoms with van der Waals surface area (Å²) in [6.45, 7) is -1.42. The van der Waals surface area contributed by atoms with Crippen LogP contribution in [-0.4, -0.2) is 102 Å². The van der Waals surface area contributed by atoms with Gasteiger partial charge in [-0.1, -0.05) is 0 Å². The van der Waals surface area contributed by atoms with Crippen LogP contribution in [0.3, 0.4) is 0 Å². The molecule has 0 aliphatic carbocycles. The first-order valence-electron chi connectivity index (χ1n) is 10.3. The maximum atomic E-state index is 13.9. The molecule has 23 heteroatoms. The Hall–Kier alpha value is -1.17. The van der Waals surface area contributed by atoms with Gasteiger partial charge in [-0.25, -0.2) is 0 Å². The van der Waals surface area contributed by atoms with E-state index < -0.39 is 75.5 Å². The van der Waals surface area contributed by atoms with Crippen LogP contribution in [0.4, 0.5) is 74.6 Å². The third-order valence-electron chi connectivity index (χ3n) is 5.43. The van der Waals surface area contributed by atoms with Crippen molar-refractivity contribution >= 4 is 8.80 Å². The summed E-state index contributed by atoms with van der Waals surface area (Å²) in [7, 11) is 0.467. The molecule has 2 N–H and O–H groups in total. The van der Waals surface area contributed by atoms with E-state index in [1.54, 1.807) is 0 Å². The molecule has 0 bridgehead atoms. The summed E-state index contributed by atoms with van der Waals surface area (Å²) in [6.07, 6.45) is -13.5. The molecule has 0 aliphatic heterocycles. The third kappa shape index (κ3) is 6.57. The molecule has 0 amide bonds. The van der Waals surface area contributed by atoms with Crippen LogP contribution >= 0.6 is 0 Å². The second kappa shape index (κ2) is 12.2. The van der Waals surface area contributed by atoms with Crippen molar-refractivity contribution in [3.8, 4) is 0 Å². The van der Waals surface area contributed by atoms with Gasteiger partial charge in [-0.15, -0.1) is 0 Å². The second-order valence-corrected chi connectivity index (χ2v) is 11.2. The Morgan fingerprint density at radius 1 is 0.600 bits per heavy atom. The van der Waals surface area contributed by atoms with E-state index in [1.807, 2.05) is 0 Å². The van der Waals surface area contributed by atoms with Gasteiger partial charge in [-0.3, -0.25) is 0 Å². The number of aliphatic hydroxyl groups is 1. The summed E-state index contributed by atoms with van der Waals surface area (Å²) < 4.78 is 240. The summed E-state index contributed by atoms with van der Waals surface area (Å²) in [4.78, 5) is 0. The molecule has 0 heterocycles. The fraction of sp³-hybridized carbons (Fsp3) is 1.00. The molecule has 1 unspecified atom stereocenters. The van der Waals surface area contributed by atoms with Gasteiger partial charge in [0.2, 0.25) is 0 Å². The zero-order valence-electron chi connectivity index (χ0n) is 20.2. The monoisotopic (exact) mass is 655 g/mol. The number of alkyl halides is 17. The largest absolute Gasteiger partial charge is 0.500 e. The highest BCUT2D eigenvalue weighted by molar-refractivity contribution is 6.60. The average Bonchev–Trinajstić information content (AvgIpc) is 2.80. The molecule has 0 rings (SSSR count). The van der Waals surface area contributed by atoms with Crippen molar-refractivity contribution in [2.24, 2.45) is 0 Å². The van der Waals surface area contributed by atoms with Crippen LogP contribution in [0.5, 0.6) is 0 Å². The van der Waals surface area contributed by atoms with E-state index in [1.165, 1.54) is 21.3 Å². The zero-order valence-corrected chi connectivity index (χ0v) is 21.2. The Kier molecular flexibility index (Phi) is 11.8. The van der Waals surface area contributed by atoms with E-state index in [4.69, 9.17) is 13.3 Å². The van der Waals surface area contributed by atoms with Crippen molar-refractivity contribution in [1.29, 1.82) is 0 Å². The first kappa shape index (κ1) is 38.8. The Bertz CT molecular complexity index is 812. The van der Waals surface area contributed by atoms with Crippen LogP contribution in [0.1, 0.15) is 12.8 Å². The molecule has 0 saturated carbocycles. The van der Waals surface area contributed by atoms with Crippen molar-refractivity contribution in [3.05, 3.63) is 0 Å². The van der Waals surface area contributed by atoms with E-state index in [-0.39, 0.29) is 19.0 Å². The maximum absolute atomic E-state index is 13.9. The van der Waals surface area contributed by atoms with Gasteiger partial charge >= 0.3 is 56.4 Å². The zero-order chi connectivity index (χ0) is 32.4. The molecule has 40 heavy (non-hydrogen) atoms. The molecule has 0 radical (unpaired) electrons. The minimum atomic E-state index is -8.69. The van der Waals surface area contributed by atoms with E-state index in [0.717, 1.165) is 0 Å². The number of aliphatic hydroxyl groups excluding tert-OH is 1. The summed E-state index contributed by atoms with van der Waals surface area (Å²) in [6, 6.07) is 0.0430. The first-order valence-corrected chi connectivity index (χ1v) is 12.2. The summed E-state index contributed by atoms with van der Waals surface area (Å²) in [5, 5.41) is 11.6. The number of rotatable bonds is 17. The highest BCUT2D eigenvalue weighted by Crippen LogP contribution is 2.64. The smallest absolute Gasteiger partial charge is 0.392 e. The average molecular weight is 655 g/mol. The van der Waals surface area contributed by atoms with Crippen LogP contribution in [0, 0.1) is 0 Å². The molecular weight excluding hydrogens is 633 g/mol. The van der Waals surface area contributed by atoms with Gasteiger partial charge in [0.15, 0.2) is 0 Å². The quantitative estimate of drug-likeness (QED) is 0.121. The number of hydrogen-bond acceptors (Lipinski definition) is 5. The van der Waals surface area contributed by atoms with Gasteiger partial charge in [-0.2, -0.15) is 74.6 Å². The Balaban J connectivity index is 5.84. The molecule has 0 spiro atoms. The van der Waals surface area contributed by atoms with Gasteiger partial charge in [0.1, 0.15) is 0 Å². The van der Waals surface area contributed by atoms with Gasteiger partial charge in [0.25, 0.3) is 0 Å². The van der Waals surface area contributed by atoms with Crippen molar-refractivity contribution in [3.63, 3.8) is 0 Å². The van der Waals surface area contributed by atoms with Crippen molar-refractivity contribution in [2.75, 3.05) is 34.4 Å². The molecule has 5 nitrogen and oxygen atoms in total. The normalized spacial score (nSPS) is 16.4. The molecule has 0 fully saturated rings. The van der Waals surface area contributed by atoms with Crippen LogP contribution in [0.25, 0.3) is 0 Å². The minimum Gasteiger partial charge on any atom is -0.392 e. The second-order valence-electron chi connectivity index (χ2n) is 8.11. The van der Waals surface area contributed by atoms with E-state index in [0.29, 0.717) is 0 Å². The summed E-state index contributed by atoms with van der Waals surface area (Å²) in [5.41, 5.74) is 0. The lowest BCUT2D eigenvalue weighted by Crippen LogP contribution is -2.74. The lowest BCUT2D eigenvalue weighted by molar-refractivity contribution is -0.462. The lowest BCUT2D eigenvalue weighted by Gasteiger charge is -2.43. The van der Waals surface area contributed by atoms with Crippen LogP contribution in [-0.2, 0) is 13.3 Å². The molecular formula is C17H22F17NO4Si. The molecule has 0 saturated heterocycles. The molecule has 242 valence electrons. The fourth-order valence-electron chi connectivity index (χ4n) is 2.95. The Morgan fingerprint density at radius 3 is 1.30 bits per heavy atom. The van der Waals surface area contributed by atoms with E-state index >= 15 is 0 Å². The summed E-state index contributed by atoms with van der Waals surface area (Å²) >= 11 is 0. The van der Waals surface area contributed by atoms with Gasteiger partial charge in [0.05, 0.1) is 6.10 Å². The Labute approximate surface area is 215 Å². The van der Waals surface area contributed by atoms with E-state index in [2.05, 4.69) is 5.32 Å². The summed E-state index contributed by atoms with van der Waals surface area (Å²) in [5.74, 6) is -57.0. The Morgan fingerprint density at radius 2 is 0.950 bits per heavy atom. The topological polar surface area (TPSA) is 60.0 Å². The maximum Gasteiger partial charge on any atom is 0.500 e. The highest BCUT2D eigenvalue weighted by atomic mass is 28.4. The molecule has 0 aromatic heterocycles. The molecule has 0 aliphatic rings. The van der Waals surface area contributed by atoms with Crippen molar-refractivity contribution in [2.45, 2.75) is 72.6 Å². The predicted molar refractivity (Wildman–Crippen MR) is 100 cm³/mol. The third-order valence-corrected chi connectivity index (χ3v) is 8.26. The number of hydrogen-bond donors (Lipinski definition) is 2. The van der Waals surface area contributed by atoms with Crippen LogP contribution in [0.2, 0.25) is 6.04 Å². The fourth-order valence-corrected chi connectivity index (χ4v) is 4.67. The van der Waals surface area contributed by atoms with E-state index in [9.17, 15) is 79.7 Å². The number of nitrogens with one attached hydrogen (secondary N) is 1. The van der Waals surface area contributed by atoms with Crippen LogP contribution in [0.15, 0.2) is 0 Å². The molecule has 1 atom stereocenters. The van der Waals surface area contributed by atoms with Crippen LogP contribution < -0.4 is 5.32 Å². The number of halogens is 17. The van der Waals surface area contributed by atoms with Crippen molar-refractivity contribution in [1.82, 2.24) is 5.32 Å². The first-order chi connectivity index (χ1) is 17.5. The van der Waals surface area contributed by atoms with Gasteiger partial charge in [-0.05, 0) is 13.0 Å². The lowest BCUT2D eigenvalue weighted by atomic mass is 9.87. The SMILES string of the molecule is CO[Si](CCCNCC(O)CC(F)(F)C(F)(F)C(F)(F)C(F)(F)C(F)(F)C(F)(F)C(F)(F)C(F)(F)F)(OC)OC. The predicted octanol–water partition coefficient (Wildman–Crippen LogP) is 5.60. The minimum absolute atomic E-state index is 0.0250. The standard InChI is InChI=1S/C17H22F17NO4Si/c1-37-40(38-2,39-3)6-4-5-35-8-9(36)7-10(18,19)11(20,21)12(22,23)13(24,25)14(26,27)15(28,29)16(30,31)17(32,33)34/h9,35-36H,4-8H2,1-3H3. The van der Waals surface area contributed by atoms with Crippen molar-refractivity contribution < 1.29 is 93.0 Å². The van der Waals surface area contributed by atoms with Gasteiger partial charge < -0.3 is 23.7 Å².